The number of likely N-dealkylation sites (N-methyl/N-ethyl adjacent to an activating group) is 1. The van der Waals surface area contributed by atoms with Gasteiger partial charge in [-0.2, -0.15) is 0 Å². The Morgan fingerprint density at radius 3 is 2.93 bits per heavy atom. The van der Waals surface area contributed by atoms with E-state index in [1.807, 2.05) is 36.7 Å². The van der Waals surface area contributed by atoms with Crippen molar-refractivity contribution in [3.8, 4) is 11.3 Å². The van der Waals surface area contributed by atoms with Crippen LogP contribution in [0, 0.1) is 12.7 Å². The van der Waals surface area contributed by atoms with Gasteiger partial charge in [-0.25, -0.2) is 14.4 Å². The van der Waals surface area contributed by atoms with Crippen molar-refractivity contribution in [2.45, 2.75) is 38.4 Å². The van der Waals surface area contributed by atoms with Gasteiger partial charge in [0.1, 0.15) is 17.5 Å². The molecule has 1 aromatic carbocycles. The smallest absolute Gasteiger partial charge is 0.224 e. The zero-order chi connectivity index (χ0) is 20.8. The number of aromatic nitrogens is 3. The van der Waals surface area contributed by atoms with E-state index in [0.717, 1.165) is 30.1 Å². The van der Waals surface area contributed by atoms with Gasteiger partial charge in [0.05, 0.1) is 16.7 Å². The summed E-state index contributed by atoms with van der Waals surface area (Å²) in [6.07, 6.45) is 1.28. The van der Waals surface area contributed by atoms with E-state index in [1.54, 1.807) is 4.90 Å². The lowest BCUT2D eigenvalue weighted by molar-refractivity contribution is -0.130. The lowest BCUT2D eigenvalue weighted by atomic mass is 10.1. The van der Waals surface area contributed by atoms with E-state index >= 15 is 0 Å². The summed E-state index contributed by atoms with van der Waals surface area (Å²) in [4.78, 5) is 23.9. The van der Waals surface area contributed by atoms with Crippen LogP contribution in [0.4, 0.5) is 10.2 Å². The number of nitrogens with one attached hydrogen (secondary N) is 2. The molecule has 156 valence electrons. The van der Waals surface area contributed by atoms with E-state index in [0.29, 0.717) is 36.3 Å². The van der Waals surface area contributed by atoms with Crippen LogP contribution < -0.4 is 10.6 Å². The van der Waals surface area contributed by atoms with Crippen molar-refractivity contribution in [2.75, 3.05) is 25.5 Å². The maximum Gasteiger partial charge on any atom is 0.224 e. The van der Waals surface area contributed by atoms with Crippen molar-refractivity contribution in [3.05, 3.63) is 42.0 Å². The second-order valence-electron chi connectivity index (χ2n) is 8.25. The van der Waals surface area contributed by atoms with Crippen LogP contribution in [-0.4, -0.2) is 57.6 Å². The molecule has 2 aromatic heterocycles. The monoisotopic (exact) mass is 408 g/mol. The molecule has 1 amide bonds. The Bertz CT molecular complexity index is 1130. The maximum atomic E-state index is 14.4. The predicted molar refractivity (Wildman–Crippen MR) is 114 cm³/mol. The van der Waals surface area contributed by atoms with Crippen LogP contribution in [0.2, 0.25) is 0 Å². The molecule has 30 heavy (non-hydrogen) atoms. The van der Waals surface area contributed by atoms with Crippen LogP contribution in [0.1, 0.15) is 18.7 Å². The van der Waals surface area contributed by atoms with Gasteiger partial charge < -0.3 is 20.1 Å². The lowest BCUT2D eigenvalue weighted by Crippen LogP contribution is -2.38. The highest BCUT2D eigenvalue weighted by Crippen LogP contribution is 2.31. The predicted octanol–water partition coefficient (Wildman–Crippen LogP) is 2.55. The summed E-state index contributed by atoms with van der Waals surface area (Å²) in [6, 6.07) is 9.18. The number of benzene rings is 1. The first kappa shape index (κ1) is 19.0. The summed E-state index contributed by atoms with van der Waals surface area (Å²) < 4.78 is 16.4. The van der Waals surface area contributed by atoms with Gasteiger partial charge in [-0.15, -0.1) is 0 Å². The summed E-state index contributed by atoms with van der Waals surface area (Å²) >= 11 is 0. The highest BCUT2D eigenvalue weighted by atomic mass is 19.1. The third-order valence-corrected chi connectivity index (χ3v) is 6.07. The Kier molecular flexibility index (Phi) is 4.66. The Morgan fingerprint density at radius 2 is 2.07 bits per heavy atom. The van der Waals surface area contributed by atoms with Crippen molar-refractivity contribution >= 4 is 22.8 Å². The number of pyridine rings is 1. The third kappa shape index (κ3) is 3.41. The first-order valence-electron chi connectivity index (χ1n) is 10.4. The molecule has 0 aliphatic carbocycles. The van der Waals surface area contributed by atoms with E-state index in [4.69, 9.17) is 4.98 Å². The maximum absolute atomic E-state index is 14.4. The molecule has 1 saturated heterocycles. The van der Waals surface area contributed by atoms with Gasteiger partial charge in [-0.3, -0.25) is 4.79 Å². The Labute approximate surface area is 174 Å². The summed E-state index contributed by atoms with van der Waals surface area (Å²) in [5.41, 5.74) is 2.77. The van der Waals surface area contributed by atoms with Crippen LogP contribution in [-0.2, 0) is 11.3 Å². The number of hydrogen-bond donors (Lipinski definition) is 2. The number of hydrogen-bond acceptors (Lipinski definition) is 5. The highest BCUT2D eigenvalue weighted by Gasteiger charge is 2.27. The van der Waals surface area contributed by atoms with Gasteiger partial charge in [-0.05, 0) is 31.5 Å². The van der Waals surface area contributed by atoms with Crippen LogP contribution in [0.25, 0.3) is 22.3 Å². The number of halogens is 1. The second kappa shape index (κ2) is 7.36. The zero-order valence-corrected chi connectivity index (χ0v) is 17.2. The fourth-order valence-electron chi connectivity index (χ4n) is 4.59. The van der Waals surface area contributed by atoms with Gasteiger partial charge in [0.15, 0.2) is 0 Å². The fourth-order valence-corrected chi connectivity index (χ4v) is 4.59. The van der Waals surface area contributed by atoms with Gasteiger partial charge in [-0.1, -0.05) is 6.07 Å². The van der Waals surface area contributed by atoms with Crippen molar-refractivity contribution in [1.29, 1.82) is 0 Å². The minimum absolute atomic E-state index is 0.0895. The summed E-state index contributed by atoms with van der Waals surface area (Å²) in [7, 11) is 1.85. The number of carbonyl (C=O) groups is 1. The molecule has 0 radical (unpaired) electrons. The Hall–Kier alpha value is -3.00. The van der Waals surface area contributed by atoms with Crippen molar-refractivity contribution in [3.63, 3.8) is 0 Å². The lowest BCUT2D eigenvalue weighted by Gasteiger charge is -2.22. The molecule has 2 atom stereocenters. The van der Waals surface area contributed by atoms with E-state index in [-0.39, 0.29) is 23.8 Å². The van der Waals surface area contributed by atoms with Crippen molar-refractivity contribution < 1.29 is 9.18 Å². The number of nitrogens with zero attached hydrogens (tertiary/aromatic N) is 4. The SMILES string of the molecule is Cc1nc2cc(F)cc3c2n1CCC(=O)N(C)C[C@@H]1C[C@@H](CN1)Nc1cccc-3n1. The molecule has 2 aliphatic heterocycles. The van der Waals surface area contributed by atoms with E-state index in [1.165, 1.54) is 12.1 Å². The van der Waals surface area contributed by atoms with Crippen LogP contribution in [0.5, 0.6) is 0 Å². The number of amides is 1. The Balaban J connectivity index is 1.66. The molecule has 1 fully saturated rings. The first-order chi connectivity index (χ1) is 14.5. The summed E-state index contributed by atoms with van der Waals surface area (Å²) in [5, 5.41) is 6.98. The molecule has 2 N–H and O–H groups in total. The van der Waals surface area contributed by atoms with Gasteiger partial charge in [0, 0.05) is 56.8 Å². The average molecular weight is 408 g/mol. The van der Waals surface area contributed by atoms with Crippen LogP contribution in [0.3, 0.4) is 0 Å². The molecular weight excluding hydrogens is 383 g/mol. The number of imidazole rings is 1. The zero-order valence-electron chi connectivity index (χ0n) is 17.2. The highest BCUT2D eigenvalue weighted by molar-refractivity contribution is 5.92. The quantitative estimate of drug-likeness (QED) is 0.598. The van der Waals surface area contributed by atoms with Gasteiger partial charge >= 0.3 is 0 Å². The number of anilines is 1. The molecule has 4 bridgehead atoms. The molecule has 4 heterocycles. The van der Waals surface area contributed by atoms with Crippen LogP contribution >= 0.6 is 0 Å². The molecule has 0 saturated carbocycles. The minimum Gasteiger partial charge on any atom is -0.366 e. The van der Waals surface area contributed by atoms with Crippen LogP contribution in [0.15, 0.2) is 30.3 Å². The molecular formula is C22H25FN6O. The number of rotatable bonds is 0. The van der Waals surface area contributed by atoms with E-state index in [9.17, 15) is 9.18 Å². The standard InChI is InChI=1S/C22H25FN6O/c1-13-25-19-9-14(23)8-17-18-4-3-5-20(27-18)26-15-10-16(24-11-15)12-28(2)21(30)6-7-29(13)22(17)19/h3-5,8-9,15-16,24H,6-7,10-12H2,1-2H3,(H,26,27)/t15-,16-/m0/s1. The molecule has 8 heteroatoms. The number of carbonyl (C=O) groups excluding carboxylic acids is 1. The average Bonchev–Trinajstić information content (AvgIpc) is 3.27. The largest absolute Gasteiger partial charge is 0.366 e. The number of aryl methyl sites for hydroxylation is 2. The molecule has 0 spiro atoms. The number of fused-ring (bicyclic) bond motifs is 5. The molecule has 2 aliphatic rings. The molecule has 5 rings (SSSR count). The normalized spacial score (nSPS) is 22.0. The van der Waals surface area contributed by atoms with Crippen molar-refractivity contribution in [1.82, 2.24) is 24.8 Å². The third-order valence-electron chi connectivity index (χ3n) is 6.07. The first-order valence-corrected chi connectivity index (χ1v) is 10.4. The Morgan fingerprint density at radius 1 is 1.20 bits per heavy atom. The van der Waals surface area contributed by atoms with Gasteiger partial charge in [0.25, 0.3) is 0 Å². The summed E-state index contributed by atoms with van der Waals surface area (Å²) in [6.45, 7) is 3.86. The summed E-state index contributed by atoms with van der Waals surface area (Å²) in [5.74, 6) is 1.26. The van der Waals surface area contributed by atoms with E-state index < -0.39 is 0 Å². The molecule has 3 aromatic rings. The fraction of sp³-hybridized carbons (Fsp3) is 0.409. The van der Waals surface area contributed by atoms with Crippen molar-refractivity contribution in [2.24, 2.45) is 0 Å². The minimum atomic E-state index is -0.348. The molecule has 7 nitrogen and oxygen atoms in total. The van der Waals surface area contributed by atoms with E-state index in [2.05, 4.69) is 15.6 Å². The molecule has 0 unspecified atom stereocenters. The second-order valence-corrected chi connectivity index (χ2v) is 8.25. The van der Waals surface area contributed by atoms with Gasteiger partial charge in [0.2, 0.25) is 5.91 Å². The topological polar surface area (TPSA) is 75.1 Å².